The highest BCUT2D eigenvalue weighted by molar-refractivity contribution is 6.03. The van der Waals surface area contributed by atoms with Crippen molar-refractivity contribution in [3.8, 4) is 0 Å². The van der Waals surface area contributed by atoms with Crippen LogP contribution in [-0.2, 0) is 6.54 Å². The van der Waals surface area contributed by atoms with E-state index in [0.29, 0.717) is 18.1 Å². The molecule has 1 amide bonds. The van der Waals surface area contributed by atoms with E-state index in [1.807, 2.05) is 52.8 Å². The van der Waals surface area contributed by atoms with E-state index >= 15 is 0 Å². The molecule has 3 aromatic heterocycles. The van der Waals surface area contributed by atoms with E-state index in [1.165, 1.54) is 0 Å². The summed E-state index contributed by atoms with van der Waals surface area (Å²) in [6.45, 7) is 6.67. The molecule has 0 aromatic carbocycles. The lowest BCUT2D eigenvalue weighted by Gasteiger charge is -2.09. The molecule has 6 nitrogen and oxygen atoms in total. The average Bonchev–Trinajstić information content (AvgIpc) is 3.16. The minimum Gasteiger partial charge on any atom is -0.339 e. The first-order chi connectivity index (χ1) is 11.5. The van der Waals surface area contributed by atoms with E-state index < -0.39 is 0 Å². The quantitative estimate of drug-likeness (QED) is 0.784. The lowest BCUT2D eigenvalue weighted by molar-refractivity contribution is 0.101. The van der Waals surface area contributed by atoms with Gasteiger partial charge in [-0.15, -0.1) is 0 Å². The minimum absolute atomic E-state index is 0.161. The van der Waals surface area contributed by atoms with Gasteiger partial charge in [0.1, 0.15) is 5.69 Å². The Hall–Kier alpha value is -2.89. The molecule has 0 radical (unpaired) electrons. The third kappa shape index (κ3) is 3.37. The second-order valence-electron chi connectivity index (χ2n) is 6.07. The Balaban J connectivity index is 1.78. The van der Waals surface area contributed by atoms with Crippen LogP contribution in [0.4, 0.5) is 5.82 Å². The fourth-order valence-corrected chi connectivity index (χ4v) is 2.49. The number of carbonyl (C=O) groups is 1. The van der Waals surface area contributed by atoms with Gasteiger partial charge in [-0.05, 0) is 50.6 Å². The van der Waals surface area contributed by atoms with Crippen LogP contribution in [0, 0.1) is 6.92 Å². The molecule has 124 valence electrons. The van der Waals surface area contributed by atoms with Gasteiger partial charge in [-0.3, -0.25) is 14.5 Å². The lowest BCUT2D eigenvalue weighted by atomic mass is 10.2. The van der Waals surface area contributed by atoms with Crippen LogP contribution in [-0.4, -0.2) is 25.2 Å². The molecule has 3 rings (SSSR count). The third-order valence-corrected chi connectivity index (χ3v) is 3.84. The Labute approximate surface area is 141 Å². The van der Waals surface area contributed by atoms with Crippen LogP contribution in [0.5, 0.6) is 0 Å². The largest absolute Gasteiger partial charge is 0.339 e. The standard InChI is InChI=1S/C18H21N5O/c1-13(2)23-11-14(3)17(21-23)20-18(24)16-5-4-10-22(16)12-15-6-8-19-9-7-15/h4-11,13H,12H2,1-3H3,(H,20,21,24). The zero-order valence-corrected chi connectivity index (χ0v) is 14.1. The van der Waals surface area contributed by atoms with Gasteiger partial charge in [0.25, 0.3) is 5.91 Å². The Kier molecular flexibility index (Phi) is 4.46. The number of carbonyl (C=O) groups excluding carboxylic acids is 1. The highest BCUT2D eigenvalue weighted by Crippen LogP contribution is 2.16. The van der Waals surface area contributed by atoms with E-state index in [9.17, 15) is 4.79 Å². The number of anilines is 1. The lowest BCUT2D eigenvalue weighted by Crippen LogP contribution is -2.18. The van der Waals surface area contributed by atoms with Crippen LogP contribution in [0.25, 0.3) is 0 Å². The summed E-state index contributed by atoms with van der Waals surface area (Å²) in [7, 11) is 0. The van der Waals surface area contributed by atoms with E-state index in [0.717, 1.165) is 11.1 Å². The molecule has 0 saturated heterocycles. The van der Waals surface area contributed by atoms with Crippen molar-refractivity contribution in [2.45, 2.75) is 33.4 Å². The Bertz CT molecular complexity index is 832. The van der Waals surface area contributed by atoms with E-state index in [-0.39, 0.29) is 11.9 Å². The van der Waals surface area contributed by atoms with E-state index in [4.69, 9.17) is 0 Å². The first kappa shape index (κ1) is 16.0. The molecule has 3 heterocycles. The maximum atomic E-state index is 12.6. The number of pyridine rings is 1. The summed E-state index contributed by atoms with van der Waals surface area (Å²) in [6, 6.07) is 7.82. The monoisotopic (exact) mass is 323 g/mol. The fraction of sp³-hybridized carbons (Fsp3) is 0.278. The maximum Gasteiger partial charge on any atom is 0.273 e. The number of hydrogen-bond donors (Lipinski definition) is 1. The molecule has 0 fully saturated rings. The number of rotatable bonds is 5. The second-order valence-corrected chi connectivity index (χ2v) is 6.07. The third-order valence-electron chi connectivity index (χ3n) is 3.84. The normalized spacial score (nSPS) is 11.0. The second kappa shape index (κ2) is 6.70. The smallest absolute Gasteiger partial charge is 0.273 e. The zero-order valence-electron chi connectivity index (χ0n) is 14.1. The van der Waals surface area contributed by atoms with Crippen molar-refractivity contribution >= 4 is 11.7 Å². The highest BCUT2D eigenvalue weighted by atomic mass is 16.2. The molecule has 1 N–H and O–H groups in total. The van der Waals surface area contributed by atoms with Crippen molar-refractivity contribution in [1.82, 2.24) is 19.3 Å². The molecule has 0 spiro atoms. The SMILES string of the molecule is Cc1cn(C(C)C)nc1NC(=O)c1cccn1Cc1ccncc1. The van der Waals surface area contributed by atoms with Crippen LogP contribution >= 0.6 is 0 Å². The molecular formula is C18H21N5O. The number of aryl methyl sites for hydroxylation is 1. The zero-order chi connectivity index (χ0) is 17.1. The molecule has 24 heavy (non-hydrogen) atoms. The van der Waals surface area contributed by atoms with Gasteiger partial charge in [-0.25, -0.2) is 0 Å². The van der Waals surface area contributed by atoms with E-state index in [1.54, 1.807) is 12.4 Å². The molecule has 0 aliphatic carbocycles. The minimum atomic E-state index is -0.161. The molecule has 0 bridgehead atoms. The van der Waals surface area contributed by atoms with Gasteiger partial charge in [-0.1, -0.05) is 0 Å². The Morgan fingerprint density at radius 2 is 2.00 bits per heavy atom. The first-order valence-corrected chi connectivity index (χ1v) is 7.95. The molecule has 0 atom stereocenters. The number of hydrogen-bond acceptors (Lipinski definition) is 3. The average molecular weight is 323 g/mol. The number of nitrogens with zero attached hydrogens (tertiary/aromatic N) is 4. The summed E-state index contributed by atoms with van der Waals surface area (Å²) in [6.07, 6.45) is 7.34. The molecule has 3 aromatic rings. The Morgan fingerprint density at radius 1 is 1.25 bits per heavy atom. The van der Waals surface area contributed by atoms with Crippen LogP contribution in [0.15, 0.2) is 49.1 Å². The summed E-state index contributed by atoms with van der Waals surface area (Å²) in [5.74, 6) is 0.441. The van der Waals surface area contributed by atoms with Crippen LogP contribution in [0.3, 0.4) is 0 Å². The van der Waals surface area contributed by atoms with Crippen molar-refractivity contribution < 1.29 is 4.79 Å². The van der Waals surface area contributed by atoms with Crippen molar-refractivity contribution in [3.63, 3.8) is 0 Å². The van der Waals surface area contributed by atoms with Gasteiger partial charge in [0.05, 0.1) is 0 Å². The van der Waals surface area contributed by atoms with Crippen molar-refractivity contribution in [3.05, 3.63) is 65.9 Å². The van der Waals surface area contributed by atoms with Gasteiger partial charge in [0, 0.05) is 42.9 Å². The van der Waals surface area contributed by atoms with Crippen LogP contribution in [0.1, 0.15) is 41.5 Å². The van der Waals surface area contributed by atoms with Crippen molar-refractivity contribution in [1.29, 1.82) is 0 Å². The Morgan fingerprint density at radius 3 is 2.67 bits per heavy atom. The van der Waals surface area contributed by atoms with Gasteiger partial charge in [0.2, 0.25) is 0 Å². The summed E-state index contributed by atoms with van der Waals surface area (Å²) >= 11 is 0. The summed E-state index contributed by atoms with van der Waals surface area (Å²) < 4.78 is 3.76. The van der Waals surface area contributed by atoms with Gasteiger partial charge in [0.15, 0.2) is 5.82 Å². The summed E-state index contributed by atoms with van der Waals surface area (Å²) in [5, 5.41) is 7.35. The van der Waals surface area contributed by atoms with Crippen molar-refractivity contribution in [2.75, 3.05) is 5.32 Å². The number of aromatic nitrogens is 4. The topological polar surface area (TPSA) is 64.7 Å². The number of amides is 1. The highest BCUT2D eigenvalue weighted by Gasteiger charge is 2.15. The molecule has 0 aliphatic rings. The first-order valence-electron chi connectivity index (χ1n) is 7.95. The van der Waals surface area contributed by atoms with Gasteiger partial charge >= 0.3 is 0 Å². The molecular weight excluding hydrogens is 302 g/mol. The predicted octanol–water partition coefficient (Wildman–Crippen LogP) is 3.27. The van der Waals surface area contributed by atoms with Crippen LogP contribution in [0.2, 0.25) is 0 Å². The van der Waals surface area contributed by atoms with Crippen molar-refractivity contribution in [2.24, 2.45) is 0 Å². The van der Waals surface area contributed by atoms with E-state index in [2.05, 4.69) is 29.2 Å². The summed E-state index contributed by atoms with van der Waals surface area (Å²) in [5.41, 5.74) is 2.64. The van der Waals surface area contributed by atoms with Gasteiger partial charge < -0.3 is 9.88 Å². The molecule has 0 aliphatic heterocycles. The molecule has 0 unspecified atom stereocenters. The number of nitrogens with one attached hydrogen (secondary N) is 1. The fourth-order valence-electron chi connectivity index (χ4n) is 2.49. The van der Waals surface area contributed by atoms with Crippen LogP contribution < -0.4 is 5.32 Å². The molecule has 6 heteroatoms. The maximum absolute atomic E-state index is 12.6. The summed E-state index contributed by atoms with van der Waals surface area (Å²) in [4.78, 5) is 16.6. The predicted molar refractivity (Wildman–Crippen MR) is 93.1 cm³/mol. The van der Waals surface area contributed by atoms with Gasteiger partial charge in [-0.2, -0.15) is 5.10 Å². The molecule has 0 saturated carbocycles.